The molecular weight excluding hydrogens is 224 g/mol. The lowest BCUT2D eigenvalue weighted by molar-refractivity contribution is -0.139. The van der Waals surface area contributed by atoms with Crippen LogP contribution in [0.3, 0.4) is 0 Å². The van der Waals surface area contributed by atoms with Crippen molar-refractivity contribution in [2.75, 3.05) is 0 Å². The fraction of sp³-hybridized carbons (Fsp3) is 0.333. The predicted molar refractivity (Wildman–Crippen MR) is 63.6 cm³/mol. The molecule has 1 rings (SSSR count). The van der Waals surface area contributed by atoms with Gasteiger partial charge in [0.2, 0.25) is 0 Å². The largest absolute Gasteiger partial charge is 0.480 e. The molecule has 0 aliphatic carbocycles. The molecule has 2 unspecified atom stereocenters. The quantitative estimate of drug-likeness (QED) is 0.801. The molecule has 0 fully saturated rings. The summed E-state index contributed by atoms with van der Waals surface area (Å²) in [5.41, 5.74) is 0. The Kier molecular flexibility index (Phi) is 4.55. The summed E-state index contributed by atoms with van der Waals surface area (Å²) >= 11 is 1.21. The second-order valence-corrected chi connectivity index (χ2v) is 4.80. The summed E-state index contributed by atoms with van der Waals surface area (Å²) in [4.78, 5) is 23.1. The molecule has 0 saturated carbocycles. The lowest BCUT2D eigenvalue weighted by Crippen LogP contribution is -2.28. The van der Waals surface area contributed by atoms with E-state index in [-0.39, 0.29) is 5.78 Å². The minimum absolute atomic E-state index is 0.101. The van der Waals surface area contributed by atoms with Gasteiger partial charge in [-0.15, -0.1) is 11.8 Å². The van der Waals surface area contributed by atoms with Crippen molar-refractivity contribution < 1.29 is 14.7 Å². The maximum absolute atomic E-state index is 11.2. The van der Waals surface area contributed by atoms with Crippen molar-refractivity contribution in [3.05, 3.63) is 30.3 Å². The van der Waals surface area contributed by atoms with Gasteiger partial charge in [0.05, 0.1) is 0 Å². The highest BCUT2D eigenvalue weighted by Gasteiger charge is 2.28. The third-order valence-electron chi connectivity index (χ3n) is 2.35. The van der Waals surface area contributed by atoms with E-state index in [1.807, 2.05) is 30.3 Å². The van der Waals surface area contributed by atoms with Crippen LogP contribution in [0.4, 0.5) is 0 Å². The number of carbonyl (C=O) groups excluding carboxylic acids is 1. The number of carboxylic acids is 1. The topological polar surface area (TPSA) is 54.4 Å². The van der Waals surface area contributed by atoms with Crippen LogP contribution in [0.25, 0.3) is 0 Å². The van der Waals surface area contributed by atoms with Crippen molar-refractivity contribution in [3.63, 3.8) is 0 Å². The van der Waals surface area contributed by atoms with Crippen LogP contribution in [0.15, 0.2) is 35.2 Å². The van der Waals surface area contributed by atoms with Gasteiger partial charge in [0, 0.05) is 10.8 Å². The SMILES string of the molecule is CC(=O)C(C)C(Sc1ccccc1)C(=O)O. The highest BCUT2D eigenvalue weighted by molar-refractivity contribution is 8.00. The van der Waals surface area contributed by atoms with E-state index >= 15 is 0 Å². The van der Waals surface area contributed by atoms with Crippen molar-refractivity contribution in [2.24, 2.45) is 5.92 Å². The van der Waals surface area contributed by atoms with Crippen molar-refractivity contribution in [2.45, 2.75) is 24.0 Å². The highest BCUT2D eigenvalue weighted by Crippen LogP contribution is 2.28. The maximum atomic E-state index is 11.2. The first kappa shape index (κ1) is 12.8. The van der Waals surface area contributed by atoms with E-state index in [4.69, 9.17) is 5.11 Å². The average molecular weight is 238 g/mol. The predicted octanol–water partition coefficient (Wildman–Crippen LogP) is 2.46. The highest BCUT2D eigenvalue weighted by atomic mass is 32.2. The molecule has 0 bridgehead atoms. The van der Waals surface area contributed by atoms with Gasteiger partial charge in [0.15, 0.2) is 0 Å². The molecule has 86 valence electrons. The second kappa shape index (κ2) is 5.70. The molecule has 3 nitrogen and oxygen atoms in total. The lowest BCUT2D eigenvalue weighted by Gasteiger charge is -2.16. The van der Waals surface area contributed by atoms with Crippen LogP contribution >= 0.6 is 11.8 Å². The third-order valence-corrected chi connectivity index (χ3v) is 3.75. The van der Waals surface area contributed by atoms with Crippen LogP contribution in [0.2, 0.25) is 0 Å². The van der Waals surface area contributed by atoms with Gasteiger partial charge in [-0.1, -0.05) is 25.1 Å². The van der Waals surface area contributed by atoms with Crippen LogP contribution < -0.4 is 0 Å². The average Bonchev–Trinajstić information content (AvgIpc) is 2.26. The van der Waals surface area contributed by atoms with E-state index in [9.17, 15) is 9.59 Å². The van der Waals surface area contributed by atoms with E-state index in [0.29, 0.717) is 0 Å². The first-order valence-corrected chi connectivity index (χ1v) is 5.85. The van der Waals surface area contributed by atoms with Gasteiger partial charge in [-0.2, -0.15) is 0 Å². The van der Waals surface area contributed by atoms with Gasteiger partial charge in [-0.25, -0.2) is 0 Å². The normalized spacial score (nSPS) is 14.1. The van der Waals surface area contributed by atoms with Crippen LogP contribution in [-0.4, -0.2) is 22.1 Å². The monoisotopic (exact) mass is 238 g/mol. The van der Waals surface area contributed by atoms with Gasteiger partial charge < -0.3 is 5.11 Å². The smallest absolute Gasteiger partial charge is 0.317 e. The number of thioether (sulfide) groups is 1. The van der Waals surface area contributed by atoms with E-state index in [0.717, 1.165) is 4.90 Å². The number of ketones is 1. The Labute approximate surface area is 98.9 Å². The molecule has 0 aliphatic heterocycles. The molecule has 16 heavy (non-hydrogen) atoms. The maximum Gasteiger partial charge on any atom is 0.317 e. The summed E-state index contributed by atoms with van der Waals surface area (Å²) in [7, 11) is 0. The summed E-state index contributed by atoms with van der Waals surface area (Å²) in [5.74, 6) is -1.53. The number of hydrogen-bond acceptors (Lipinski definition) is 3. The van der Waals surface area contributed by atoms with Crippen molar-refractivity contribution in [1.29, 1.82) is 0 Å². The Morgan fingerprint density at radius 1 is 1.25 bits per heavy atom. The molecule has 1 N–H and O–H groups in total. The Morgan fingerprint density at radius 3 is 2.25 bits per heavy atom. The standard InChI is InChI=1S/C12H14O3S/c1-8(9(2)13)11(12(14)15)16-10-6-4-3-5-7-10/h3-8,11H,1-2H3,(H,14,15). The molecule has 0 spiro atoms. The van der Waals surface area contributed by atoms with E-state index in [1.165, 1.54) is 18.7 Å². The zero-order chi connectivity index (χ0) is 12.1. The van der Waals surface area contributed by atoms with Gasteiger partial charge in [0.25, 0.3) is 0 Å². The zero-order valence-corrected chi connectivity index (χ0v) is 10.0. The first-order chi connectivity index (χ1) is 7.52. The molecule has 1 aromatic rings. The van der Waals surface area contributed by atoms with E-state index in [1.54, 1.807) is 6.92 Å². The van der Waals surface area contributed by atoms with Crippen LogP contribution in [0.5, 0.6) is 0 Å². The molecule has 0 saturated heterocycles. The molecule has 4 heteroatoms. The number of carbonyl (C=O) groups is 2. The number of carboxylic acid groups (broad SMARTS) is 1. The Bertz CT molecular complexity index is 375. The van der Waals surface area contributed by atoms with Gasteiger partial charge in [-0.3, -0.25) is 9.59 Å². The molecule has 0 heterocycles. The molecular formula is C12H14O3S. The van der Waals surface area contributed by atoms with Crippen molar-refractivity contribution >= 4 is 23.5 Å². The second-order valence-electron chi connectivity index (χ2n) is 3.59. The number of aliphatic carboxylic acids is 1. The summed E-state index contributed by atoms with van der Waals surface area (Å²) in [6.45, 7) is 3.07. The van der Waals surface area contributed by atoms with Crippen molar-refractivity contribution in [1.82, 2.24) is 0 Å². The molecule has 2 atom stereocenters. The molecule has 0 radical (unpaired) electrons. The number of hydrogen-bond donors (Lipinski definition) is 1. The number of benzene rings is 1. The minimum atomic E-state index is -0.948. The van der Waals surface area contributed by atoms with E-state index in [2.05, 4.69) is 0 Å². The summed E-state index contributed by atoms with van der Waals surface area (Å²) in [6, 6.07) is 9.24. The molecule has 1 aromatic carbocycles. The minimum Gasteiger partial charge on any atom is -0.480 e. The lowest BCUT2D eigenvalue weighted by atomic mass is 10.0. The van der Waals surface area contributed by atoms with Crippen molar-refractivity contribution in [3.8, 4) is 0 Å². The Balaban J connectivity index is 2.81. The Hall–Kier alpha value is -1.29. The fourth-order valence-electron chi connectivity index (χ4n) is 1.23. The van der Waals surface area contributed by atoms with Gasteiger partial charge in [0.1, 0.15) is 11.0 Å². The fourth-order valence-corrected chi connectivity index (χ4v) is 2.33. The molecule has 0 aromatic heterocycles. The molecule has 0 aliphatic rings. The summed E-state index contributed by atoms with van der Waals surface area (Å²) < 4.78 is 0. The summed E-state index contributed by atoms with van der Waals surface area (Å²) in [5, 5.41) is 8.36. The number of Topliss-reactive ketones (excluding diaryl/α,β-unsaturated/α-hetero) is 1. The van der Waals surface area contributed by atoms with Gasteiger partial charge >= 0.3 is 5.97 Å². The first-order valence-electron chi connectivity index (χ1n) is 4.97. The Morgan fingerprint density at radius 2 is 1.81 bits per heavy atom. The number of rotatable bonds is 5. The van der Waals surface area contributed by atoms with Crippen LogP contribution in [0, 0.1) is 5.92 Å². The third kappa shape index (κ3) is 3.38. The zero-order valence-electron chi connectivity index (χ0n) is 9.21. The van der Waals surface area contributed by atoms with Crippen LogP contribution in [-0.2, 0) is 9.59 Å². The van der Waals surface area contributed by atoms with Gasteiger partial charge in [-0.05, 0) is 19.1 Å². The van der Waals surface area contributed by atoms with E-state index < -0.39 is 17.1 Å². The summed E-state index contributed by atoms with van der Waals surface area (Å²) in [6.07, 6.45) is 0. The van der Waals surface area contributed by atoms with Crippen LogP contribution in [0.1, 0.15) is 13.8 Å². The molecule has 0 amide bonds.